The van der Waals surface area contributed by atoms with Crippen LogP contribution in [0.25, 0.3) is 16.7 Å². The van der Waals surface area contributed by atoms with Gasteiger partial charge in [-0.2, -0.15) is 0 Å². The largest absolute Gasteiger partial charge is 0.395 e. The van der Waals surface area contributed by atoms with Crippen LogP contribution in [-0.2, 0) is 10.2 Å². The van der Waals surface area contributed by atoms with E-state index >= 15 is 0 Å². The molecule has 4 rings (SSSR count). The first-order valence-corrected chi connectivity index (χ1v) is 7.60. The summed E-state index contributed by atoms with van der Waals surface area (Å²) in [6.45, 7) is 3.89. The molecule has 1 heterocycles. The summed E-state index contributed by atoms with van der Waals surface area (Å²) < 4.78 is 14.4. The molecule has 4 heteroatoms. The second-order valence-electron chi connectivity index (χ2n) is 6.33. The number of fused-ring (bicyclic) bond motifs is 1. The summed E-state index contributed by atoms with van der Waals surface area (Å²) >= 11 is 0. The number of aliphatic hydroxyl groups is 1. The number of nitrogens with one attached hydrogen (secondary N) is 1. The van der Waals surface area contributed by atoms with Gasteiger partial charge in [0.05, 0.1) is 12.3 Å². The molecule has 23 heavy (non-hydrogen) atoms. The van der Waals surface area contributed by atoms with Crippen LogP contribution in [0.2, 0.25) is 0 Å². The van der Waals surface area contributed by atoms with Crippen molar-refractivity contribution in [3.63, 3.8) is 0 Å². The number of benzene rings is 2. The minimum atomic E-state index is -0.380. The van der Waals surface area contributed by atoms with Crippen molar-refractivity contribution in [2.75, 3.05) is 11.9 Å². The summed E-state index contributed by atoms with van der Waals surface area (Å²) in [6, 6.07) is 10.6. The Morgan fingerprint density at radius 3 is 2.48 bits per heavy atom. The third kappa shape index (κ3) is 2.10. The number of carbonyl (C=O) groups is 1. The Morgan fingerprint density at radius 1 is 1.17 bits per heavy atom. The predicted molar refractivity (Wildman–Crippen MR) is 87.5 cm³/mol. The Hall–Kier alpha value is -2.46. The van der Waals surface area contributed by atoms with E-state index in [4.69, 9.17) is 0 Å². The molecule has 2 aliphatic rings. The van der Waals surface area contributed by atoms with Crippen molar-refractivity contribution in [2.24, 2.45) is 0 Å². The number of hydrogen-bond donors (Lipinski definition) is 2. The number of hydrogen-bond acceptors (Lipinski definition) is 2. The van der Waals surface area contributed by atoms with Crippen LogP contribution in [0, 0.1) is 5.82 Å². The van der Waals surface area contributed by atoms with E-state index in [2.05, 4.69) is 11.9 Å². The SMILES string of the molecule is C=C1C(=O)Nc2cc(F)c(-c3ccc(C4(CO)CC4)cc3)cc21. The minimum Gasteiger partial charge on any atom is -0.395 e. The molecule has 3 nitrogen and oxygen atoms in total. The summed E-state index contributed by atoms with van der Waals surface area (Å²) in [4.78, 5) is 11.6. The van der Waals surface area contributed by atoms with E-state index in [9.17, 15) is 14.3 Å². The van der Waals surface area contributed by atoms with Crippen LogP contribution >= 0.6 is 0 Å². The monoisotopic (exact) mass is 309 g/mol. The summed E-state index contributed by atoms with van der Waals surface area (Å²) in [5, 5.41) is 12.1. The third-order valence-electron chi connectivity index (χ3n) is 4.92. The maximum atomic E-state index is 14.4. The van der Waals surface area contributed by atoms with Gasteiger partial charge in [-0.05, 0) is 36.1 Å². The highest BCUT2D eigenvalue weighted by Crippen LogP contribution is 2.48. The number of carbonyl (C=O) groups excluding carboxylic acids is 1. The Bertz CT molecular complexity index is 835. The summed E-state index contributed by atoms with van der Waals surface area (Å²) in [7, 11) is 0. The molecule has 0 bridgehead atoms. The molecule has 2 aromatic carbocycles. The maximum Gasteiger partial charge on any atom is 0.255 e. The van der Waals surface area contributed by atoms with Gasteiger partial charge in [-0.25, -0.2) is 4.39 Å². The number of aliphatic hydroxyl groups excluding tert-OH is 1. The Kier molecular flexibility index (Phi) is 2.93. The highest BCUT2D eigenvalue weighted by Gasteiger charge is 2.43. The number of halogens is 1. The summed E-state index contributed by atoms with van der Waals surface area (Å²) in [5.41, 5.74) is 3.65. The molecular weight excluding hydrogens is 293 g/mol. The lowest BCUT2D eigenvalue weighted by Crippen LogP contribution is -2.11. The number of anilines is 1. The zero-order valence-electron chi connectivity index (χ0n) is 12.5. The molecule has 0 spiro atoms. The minimum absolute atomic E-state index is 0.0976. The van der Waals surface area contributed by atoms with Gasteiger partial charge in [-0.3, -0.25) is 4.79 Å². The molecule has 0 radical (unpaired) electrons. The predicted octanol–water partition coefficient (Wildman–Crippen LogP) is 3.48. The highest BCUT2D eigenvalue weighted by atomic mass is 19.1. The highest BCUT2D eigenvalue weighted by molar-refractivity contribution is 6.31. The van der Waals surface area contributed by atoms with Gasteiger partial charge in [-0.1, -0.05) is 30.8 Å². The Labute approximate surface area is 133 Å². The van der Waals surface area contributed by atoms with Crippen LogP contribution < -0.4 is 5.32 Å². The number of amides is 1. The smallest absolute Gasteiger partial charge is 0.255 e. The van der Waals surface area contributed by atoms with Crippen molar-refractivity contribution >= 4 is 17.2 Å². The van der Waals surface area contributed by atoms with Crippen molar-refractivity contribution in [3.05, 3.63) is 59.9 Å². The van der Waals surface area contributed by atoms with E-state index in [-0.39, 0.29) is 23.7 Å². The normalized spacial score (nSPS) is 17.8. The fraction of sp³-hybridized carbons (Fsp3) is 0.211. The van der Waals surface area contributed by atoms with Crippen LogP contribution in [0.3, 0.4) is 0 Å². The van der Waals surface area contributed by atoms with Crippen molar-refractivity contribution in [2.45, 2.75) is 18.3 Å². The molecule has 0 unspecified atom stereocenters. The van der Waals surface area contributed by atoms with Crippen molar-refractivity contribution in [1.29, 1.82) is 0 Å². The standard InChI is InChI=1S/C19H16FNO2/c1-11-14-8-15(16(20)9-17(14)21-18(11)23)12-2-4-13(5-3-12)19(10-22)6-7-19/h2-5,8-9,22H,1,6-7,10H2,(H,21,23). The third-order valence-corrected chi connectivity index (χ3v) is 4.92. The average molecular weight is 309 g/mol. The van der Waals surface area contributed by atoms with Gasteiger partial charge in [0.15, 0.2) is 0 Å². The first-order valence-electron chi connectivity index (χ1n) is 7.60. The molecule has 0 saturated heterocycles. The van der Waals surface area contributed by atoms with Gasteiger partial charge in [0, 0.05) is 22.1 Å². The van der Waals surface area contributed by atoms with E-state index < -0.39 is 0 Å². The number of rotatable bonds is 3. The van der Waals surface area contributed by atoms with Crippen LogP contribution in [-0.4, -0.2) is 17.6 Å². The van der Waals surface area contributed by atoms with E-state index in [0.717, 1.165) is 24.0 Å². The van der Waals surface area contributed by atoms with Gasteiger partial charge in [0.25, 0.3) is 5.91 Å². The van der Waals surface area contributed by atoms with E-state index in [1.165, 1.54) is 6.07 Å². The van der Waals surface area contributed by atoms with Crippen LogP contribution in [0.5, 0.6) is 0 Å². The Morgan fingerprint density at radius 2 is 1.87 bits per heavy atom. The maximum absolute atomic E-state index is 14.4. The summed E-state index contributed by atoms with van der Waals surface area (Å²) in [5.74, 6) is -0.666. The van der Waals surface area contributed by atoms with Crippen LogP contribution in [0.4, 0.5) is 10.1 Å². The lowest BCUT2D eigenvalue weighted by Gasteiger charge is -2.13. The van der Waals surface area contributed by atoms with Gasteiger partial charge < -0.3 is 10.4 Å². The topological polar surface area (TPSA) is 49.3 Å². The van der Waals surface area contributed by atoms with Gasteiger partial charge in [-0.15, -0.1) is 0 Å². The molecule has 1 fully saturated rings. The summed E-state index contributed by atoms with van der Waals surface area (Å²) in [6.07, 6.45) is 1.98. The van der Waals surface area contributed by atoms with E-state index in [1.54, 1.807) is 6.07 Å². The Balaban J connectivity index is 1.74. The molecule has 1 saturated carbocycles. The fourth-order valence-electron chi connectivity index (χ4n) is 3.16. The van der Waals surface area contributed by atoms with Gasteiger partial charge in [0.1, 0.15) is 5.82 Å². The van der Waals surface area contributed by atoms with Gasteiger partial charge in [0.2, 0.25) is 0 Å². The molecule has 0 aromatic heterocycles. The zero-order chi connectivity index (χ0) is 16.2. The molecule has 116 valence electrons. The zero-order valence-corrected chi connectivity index (χ0v) is 12.5. The molecule has 0 atom stereocenters. The molecule has 1 amide bonds. The second kappa shape index (κ2) is 4.77. The van der Waals surface area contributed by atoms with Crippen LogP contribution in [0.15, 0.2) is 43.0 Å². The molecule has 1 aliphatic carbocycles. The van der Waals surface area contributed by atoms with E-state index in [0.29, 0.717) is 22.4 Å². The molecular formula is C19H16FNO2. The van der Waals surface area contributed by atoms with Crippen molar-refractivity contribution in [1.82, 2.24) is 0 Å². The fourth-order valence-corrected chi connectivity index (χ4v) is 3.16. The van der Waals surface area contributed by atoms with Crippen molar-refractivity contribution in [3.8, 4) is 11.1 Å². The van der Waals surface area contributed by atoms with Crippen LogP contribution in [0.1, 0.15) is 24.0 Å². The van der Waals surface area contributed by atoms with Crippen molar-refractivity contribution < 1.29 is 14.3 Å². The second-order valence-corrected chi connectivity index (χ2v) is 6.33. The first kappa shape index (κ1) is 14.2. The van der Waals surface area contributed by atoms with E-state index in [1.807, 2.05) is 24.3 Å². The quantitative estimate of drug-likeness (QED) is 0.853. The van der Waals surface area contributed by atoms with Gasteiger partial charge >= 0.3 is 0 Å². The molecule has 1 aliphatic heterocycles. The molecule has 2 N–H and O–H groups in total. The lowest BCUT2D eigenvalue weighted by molar-refractivity contribution is -0.110. The first-order chi connectivity index (χ1) is 11.0. The molecule has 2 aromatic rings. The average Bonchev–Trinajstić information content (AvgIpc) is 3.31. The lowest BCUT2D eigenvalue weighted by atomic mass is 9.93.